The summed E-state index contributed by atoms with van der Waals surface area (Å²) in [4.78, 5) is 0. The van der Waals surface area contributed by atoms with Gasteiger partial charge in [0.05, 0.1) is 12.7 Å². The lowest BCUT2D eigenvalue weighted by Crippen LogP contribution is -2.58. The Labute approximate surface area is 91.8 Å². The van der Waals surface area contributed by atoms with Crippen LogP contribution in [-0.2, 0) is 9.47 Å². The van der Waals surface area contributed by atoms with Crippen LogP contribution in [0, 0.1) is 23.2 Å². The van der Waals surface area contributed by atoms with E-state index in [4.69, 9.17) is 9.47 Å². The number of ether oxygens (including phenoxy) is 2. The van der Waals surface area contributed by atoms with E-state index in [9.17, 15) is 5.11 Å². The molecule has 3 fully saturated rings. The van der Waals surface area contributed by atoms with E-state index in [1.807, 2.05) is 0 Å². The zero-order valence-corrected chi connectivity index (χ0v) is 9.90. The van der Waals surface area contributed by atoms with Crippen molar-refractivity contribution in [1.82, 2.24) is 0 Å². The predicted molar refractivity (Wildman–Crippen MR) is 57.3 cm³/mol. The van der Waals surface area contributed by atoms with E-state index in [1.54, 1.807) is 7.11 Å². The molecule has 3 rings (SSSR count). The topological polar surface area (TPSA) is 38.7 Å². The van der Waals surface area contributed by atoms with Gasteiger partial charge in [-0.3, -0.25) is 0 Å². The third-order valence-electron chi connectivity index (χ3n) is 4.59. The molecular weight excluding hydrogens is 192 g/mol. The zero-order chi connectivity index (χ0) is 11.1. The Bertz CT molecular complexity index is 227. The summed E-state index contributed by atoms with van der Waals surface area (Å²) in [6.07, 6.45) is 2.05. The van der Waals surface area contributed by atoms with Crippen LogP contribution in [0.5, 0.6) is 0 Å². The summed E-state index contributed by atoms with van der Waals surface area (Å²) in [5.74, 6) is 1.65. The average Bonchev–Trinajstić information content (AvgIpc) is 2.20. The first-order chi connectivity index (χ1) is 7.07. The van der Waals surface area contributed by atoms with Gasteiger partial charge in [0, 0.05) is 13.0 Å². The molecule has 88 valence electrons. The molecule has 3 aliphatic carbocycles. The molecule has 0 aromatic heterocycles. The van der Waals surface area contributed by atoms with Gasteiger partial charge in [-0.05, 0) is 30.1 Å². The van der Waals surface area contributed by atoms with Crippen molar-refractivity contribution in [2.75, 3.05) is 20.5 Å². The SMILES string of the molecule is COCOC[C@H]1[C@@H](O)C[C@H]2C[C@@H]1C2(C)C. The van der Waals surface area contributed by atoms with Crippen molar-refractivity contribution in [2.45, 2.75) is 32.8 Å². The van der Waals surface area contributed by atoms with E-state index in [0.717, 1.165) is 12.3 Å². The van der Waals surface area contributed by atoms with Gasteiger partial charge in [0.1, 0.15) is 6.79 Å². The van der Waals surface area contributed by atoms with Gasteiger partial charge < -0.3 is 14.6 Å². The summed E-state index contributed by atoms with van der Waals surface area (Å²) in [7, 11) is 1.63. The van der Waals surface area contributed by atoms with Gasteiger partial charge in [-0.1, -0.05) is 13.8 Å². The molecule has 15 heavy (non-hydrogen) atoms. The van der Waals surface area contributed by atoms with Gasteiger partial charge in [0.25, 0.3) is 0 Å². The molecule has 0 heterocycles. The van der Waals surface area contributed by atoms with Gasteiger partial charge in [-0.15, -0.1) is 0 Å². The van der Waals surface area contributed by atoms with E-state index in [2.05, 4.69) is 13.8 Å². The number of hydrogen-bond donors (Lipinski definition) is 1. The Morgan fingerprint density at radius 1 is 1.33 bits per heavy atom. The van der Waals surface area contributed by atoms with Crippen molar-refractivity contribution in [3.8, 4) is 0 Å². The molecule has 1 N–H and O–H groups in total. The lowest BCUT2D eigenvalue weighted by molar-refractivity contribution is -0.185. The van der Waals surface area contributed by atoms with E-state index in [1.165, 1.54) is 6.42 Å². The molecule has 3 nitrogen and oxygen atoms in total. The fraction of sp³-hybridized carbons (Fsp3) is 1.00. The molecule has 2 bridgehead atoms. The zero-order valence-electron chi connectivity index (χ0n) is 9.90. The lowest BCUT2D eigenvalue weighted by Gasteiger charge is -2.61. The van der Waals surface area contributed by atoms with Crippen molar-refractivity contribution >= 4 is 0 Å². The molecular formula is C12H22O3. The molecule has 3 aliphatic rings. The van der Waals surface area contributed by atoms with Crippen LogP contribution in [0.4, 0.5) is 0 Å². The van der Waals surface area contributed by atoms with Gasteiger partial charge in [0.2, 0.25) is 0 Å². The fourth-order valence-electron chi connectivity index (χ4n) is 3.41. The van der Waals surface area contributed by atoms with E-state index < -0.39 is 0 Å². The number of methoxy groups -OCH3 is 1. The first-order valence-corrected chi connectivity index (χ1v) is 5.82. The van der Waals surface area contributed by atoms with Crippen LogP contribution in [0.1, 0.15) is 26.7 Å². The van der Waals surface area contributed by atoms with E-state index in [-0.39, 0.29) is 6.10 Å². The third-order valence-corrected chi connectivity index (χ3v) is 4.59. The largest absolute Gasteiger partial charge is 0.393 e. The number of aliphatic hydroxyl groups excluding tert-OH is 1. The maximum absolute atomic E-state index is 9.98. The van der Waals surface area contributed by atoms with Gasteiger partial charge in [-0.25, -0.2) is 0 Å². The first kappa shape index (κ1) is 11.4. The average molecular weight is 214 g/mol. The smallest absolute Gasteiger partial charge is 0.146 e. The summed E-state index contributed by atoms with van der Waals surface area (Å²) in [5, 5.41) is 9.98. The summed E-state index contributed by atoms with van der Waals surface area (Å²) in [6, 6.07) is 0. The van der Waals surface area contributed by atoms with Crippen LogP contribution in [0.3, 0.4) is 0 Å². The number of hydrogen-bond acceptors (Lipinski definition) is 3. The molecule has 0 unspecified atom stereocenters. The summed E-state index contributed by atoms with van der Waals surface area (Å²) in [5.41, 5.74) is 0.403. The maximum atomic E-state index is 9.98. The fourth-order valence-corrected chi connectivity index (χ4v) is 3.41. The highest BCUT2D eigenvalue weighted by Gasteiger charge is 2.57. The van der Waals surface area contributed by atoms with Gasteiger partial charge in [-0.2, -0.15) is 0 Å². The molecule has 0 saturated heterocycles. The normalized spacial score (nSPS) is 42.4. The van der Waals surface area contributed by atoms with Crippen LogP contribution < -0.4 is 0 Å². The van der Waals surface area contributed by atoms with Crippen LogP contribution in [-0.4, -0.2) is 31.7 Å². The van der Waals surface area contributed by atoms with Crippen molar-refractivity contribution in [3.05, 3.63) is 0 Å². The second-order valence-corrected chi connectivity index (χ2v) is 5.60. The Balaban J connectivity index is 1.91. The Hall–Kier alpha value is -0.120. The molecule has 0 amide bonds. The minimum Gasteiger partial charge on any atom is -0.393 e. The molecule has 0 spiro atoms. The maximum Gasteiger partial charge on any atom is 0.146 e. The van der Waals surface area contributed by atoms with E-state index in [0.29, 0.717) is 30.7 Å². The van der Waals surface area contributed by atoms with Crippen molar-refractivity contribution in [2.24, 2.45) is 23.2 Å². The highest BCUT2D eigenvalue weighted by atomic mass is 16.7. The lowest BCUT2D eigenvalue weighted by atomic mass is 9.45. The second kappa shape index (κ2) is 4.04. The monoisotopic (exact) mass is 214 g/mol. The number of rotatable bonds is 4. The van der Waals surface area contributed by atoms with Crippen LogP contribution in [0.2, 0.25) is 0 Å². The van der Waals surface area contributed by atoms with Gasteiger partial charge in [0.15, 0.2) is 0 Å². The van der Waals surface area contributed by atoms with Crippen LogP contribution in [0.25, 0.3) is 0 Å². The molecule has 3 heteroatoms. The number of fused-ring (bicyclic) bond motifs is 2. The minimum absolute atomic E-state index is 0.168. The highest BCUT2D eigenvalue weighted by Crippen LogP contribution is 2.61. The van der Waals surface area contributed by atoms with Gasteiger partial charge >= 0.3 is 0 Å². The van der Waals surface area contributed by atoms with Crippen LogP contribution in [0.15, 0.2) is 0 Å². The Morgan fingerprint density at radius 2 is 2.07 bits per heavy atom. The molecule has 4 atom stereocenters. The summed E-state index contributed by atoms with van der Waals surface area (Å²) >= 11 is 0. The standard InChI is InChI=1S/C12H22O3/c1-12(2)8-4-10(12)9(11(13)5-8)6-15-7-14-3/h8-11,13H,4-7H2,1-3H3/t8-,9-,10+,11+/m1/s1. The Morgan fingerprint density at radius 3 is 2.67 bits per heavy atom. The second-order valence-electron chi connectivity index (χ2n) is 5.60. The van der Waals surface area contributed by atoms with Crippen molar-refractivity contribution in [3.63, 3.8) is 0 Å². The quantitative estimate of drug-likeness (QED) is 0.571. The molecule has 0 aliphatic heterocycles. The molecule has 0 aromatic carbocycles. The Kier molecular flexibility index (Phi) is 3.06. The minimum atomic E-state index is -0.168. The van der Waals surface area contributed by atoms with Crippen molar-refractivity contribution < 1.29 is 14.6 Å². The van der Waals surface area contributed by atoms with E-state index >= 15 is 0 Å². The third kappa shape index (κ3) is 1.81. The van der Waals surface area contributed by atoms with Crippen molar-refractivity contribution in [1.29, 1.82) is 0 Å². The molecule has 0 radical (unpaired) electrons. The predicted octanol–water partition coefficient (Wildman–Crippen LogP) is 1.65. The molecule has 0 aromatic rings. The highest BCUT2D eigenvalue weighted by molar-refractivity contribution is 5.06. The first-order valence-electron chi connectivity index (χ1n) is 5.82. The summed E-state index contributed by atoms with van der Waals surface area (Å²) < 4.78 is 10.3. The number of aliphatic hydroxyl groups is 1. The van der Waals surface area contributed by atoms with Crippen LogP contribution >= 0.6 is 0 Å². The summed E-state index contributed by atoms with van der Waals surface area (Å²) in [6.45, 7) is 5.61. The molecule has 3 saturated carbocycles.